The Hall–Kier alpha value is -1.20. The van der Waals surface area contributed by atoms with Gasteiger partial charge in [-0.2, -0.15) is 0 Å². The Morgan fingerprint density at radius 1 is 1.30 bits per heavy atom. The molecule has 23 heavy (non-hydrogen) atoms. The highest BCUT2D eigenvalue weighted by molar-refractivity contribution is 6.74. The van der Waals surface area contributed by atoms with Crippen molar-refractivity contribution in [2.24, 2.45) is 5.92 Å². The minimum absolute atomic E-state index is 0.0219. The monoisotopic (exact) mass is 336 g/mol. The molecule has 1 rings (SSSR count). The molecule has 0 saturated carbocycles. The highest BCUT2D eigenvalue weighted by atomic mass is 28.4. The van der Waals surface area contributed by atoms with E-state index < -0.39 is 8.32 Å². The SMILES string of the molecule is CC(C)CCC(=O)Nc1cccc(CO[Si](C)(C)C(C)(C)C)n1. The van der Waals surface area contributed by atoms with Crippen LogP contribution in [0.4, 0.5) is 5.82 Å². The summed E-state index contributed by atoms with van der Waals surface area (Å²) in [5.41, 5.74) is 0.858. The maximum atomic E-state index is 11.9. The van der Waals surface area contributed by atoms with Gasteiger partial charge in [-0.15, -0.1) is 0 Å². The second-order valence-electron chi connectivity index (χ2n) is 8.04. The van der Waals surface area contributed by atoms with E-state index in [0.717, 1.165) is 12.1 Å². The van der Waals surface area contributed by atoms with Crippen LogP contribution in [0.25, 0.3) is 0 Å². The van der Waals surface area contributed by atoms with Crippen LogP contribution in [0.5, 0.6) is 0 Å². The van der Waals surface area contributed by atoms with E-state index in [1.165, 1.54) is 0 Å². The molecule has 0 atom stereocenters. The molecule has 0 aromatic carbocycles. The standard InChI is InChI=1S/C18H32N2O2Si/c1-14(2)11-12-17(21)20-16-10-8-9-15(19-16)13-22-23(6,7)18(3,4)5/h8-10,14H,11-13H2,1-7H3,(H,19,20,21). The molecule has 1 heterocycles. The molecule has 0 saturated heterocycles. The quantitative estimate of drug-likeness (QED) is 0.715. The van der Waals surface area contributed by atoms with Gasteiger partial charge in [-0.05, 0) is 42.6 Å². The molecule has 0 unspecified atom stereocenters. The Kier molecular flexibility index (Phi) is 6.95. The lowest BCUT2D eigenvalue weighted by molar-refractivity contribution is -0.116. The summed E-state index contributed by atoms with van der Waals surface area (Å²) in [7, 11) is -1.79. The van der Waals surface area contributed by atoms with Crippen LogP contribution in [-0.2, 0) is 15.8 Å². The first-order chi connectivity index (χ1) is 10.5. The molecule has 130 valence electrons. The number of carbonyl (C=O) groups excluding carboxylic acids is 1. The maximum absolute atomic E-state index is 11.9. The van der Waals surface area contributed by atoms with Crippen molar-refractivity contribution < 1.29 is 9.22 Å². The zero-order valence-corrected chi connectivity index (χ0v) is 16.7. The molecular weight excluding hydrogens is 304 g/mol. The molecule has 0 aliphatic heterocycles. The van der Waals surface area contributed by atoms with E-state index in [-0.39, 0.29) is 10.9 Å². The molecule has 0 radical (unpaired) electrons. The van der Waals surface area contributed by atoms with Gasteiger partial charge in [-0.3, -0.25) is 4.79 Å². The van der Waals surface area contributed by atoms with E-state index in [2.05, 4.69) is 58.0 Å². The molecular formula is C18H32N2O2Si. The normalized spacial score (nSPS) is 12.5. The van der Waals surface area contributed by atoms with Crippen molar-refractivity contribution in [1.29, 1.82) is 0 Å². The van der Waals surface area contributed by atoms with Gasteiger partial charge in [0.15, 0.2) is 8.32 Å². The van der Waals surface area contributed by atoms with Crippen LogP contribution in [0.3, 0.4) is 0 Å². The Bertz CT molecular complexity index is 522. The second-order valence-corrected chi connectivity index (χ2v) is 12.9. The third kappa shape index (κ3) is 6.83. The molecule has 0 aliphatic carbocycles. The average molecular weight is 337 g/mol. The molecule has 0 bridgehead atoms. The third-order valence-corrected chi connectivity index (χ3v) is 8.89. The van der Waals surface area contributed by atoms with Crippen molar-refractivity contribution in [3.05, 3.63) is 23.9 Å². The first kappa shape index (κ1) is 19.8. The fraction of sp³-hybridized carbons (Fsp3) is 0.667. The average Bonchev–Trinajstić information content (AvgIpc) is 2.42. The van der Waals surface area contributed by atoms with Gasteiger partial charge in [-0.1, -0.05) is 40.7 Å². The van der Waals surface area contributed by atoms with Gasteiger partial charge in [-0.25, -0.2) is 4.98 Å². The van der Waals surface area contributed by atoms with Crippen LogP contribution >= 0.6 is 0 Å². The molecule has 0 aliphatic rings. The predicted octanol–water partition coefficient (Wildman–Crippen LogP) is 4.98. The van der Waals surface area contributed by atoms with E-state index in [4.69, 9.17) is 4.43 Å². The molecule has 5 heteroatoms. The molecule has 1 aromatic rings. The Labute approximate surface area is 142 Å². The van der Waals surface area contributed by atoms with Crippen LogP contribution in [0.15, 0.2) is 18.2 Å². The highest BCUT2D eigenvalue weighted by Crippen LogP contribution is 2.36. The van der Waals surface area contributed by atoms with Crippen molar-refractivity contribution in [3.63, 3.8) is 0 Å². The van der Waals surface area contributed by atoms with Crippen LogP contribution in [0.1, 0.15) is 53.2 Å². The summed E-state index contributed by atoms with van der Waals surface area (Å²) in [6.07, 6.45) is 1.42. The van der Waals surface area contributed by atoms with E-state index in [1.54, 1.807) is 0 Å². The number of nitrogens with one attached hydrogen (secondary N) is 1. The van der Waals surface area contributed by atoms with E-state index in [1.807, 2.05) is 18.2 Å². The minimum Gasteiger partial charge on any atom is -0.411 e. The predicted molar refractivity (Wildman–Crippen MR) is 98.9 cm³/mol. The van der Waals surface area contributed by atoms with Gasteiger partial charge in [0.1, 0.15) is 5.82 Å². The van der Waals surface area contributed by atoms with Gasteiger partial charge in [0.2, 0.25) is 5.91 Å². The van der Waals surface area contributed by atoms with E-state index in [0.29, 0.717) is 24.8 Å². The van der Waals surface area contributed by atoms with Crippen molar-refractivity contribution in [3.8, 4) is 0 Å². The number of hydrogen-bond acceptors (Lipinski definition) is 3. The number of carbonyl (C=O) groups is 1. The van der Waals surface area contributed by atoms with Gasteiger partial charge in [0, 0.05) is 6.42 Å². The fourth-order valence-corrected chi connectivity index (χ4v) is 2.67. The van der Waals surface area contributed by atoms with Crippen LogP contribution in [-0.4, -0.2) is 19.2 Å². The molecule has 0 fully saturated rings. The lowest BCUT2D eigenvalue weighted by atomic mass is 10.1. The maximum Gasteiger partial charge on any atom is 0.225 e. The molecule has 0 spiro atoms. The number of hydrogen-bond donors (Lipinski definition) is 1. The Morgan fingerprint density at radius 2 is 1.96 bits per heavy atom. The summed E-state index contributed by atoms with van der Waals surface area (Å²) >= 11 is 0. The van der Waals surface area contributed by atoms with Gasteiger partial charge in [0.05, 0.1) is 12.3 Å². The third-order valence-electron chi connectivity index (χ3n) is 4.41. The summed E-state index contributed by atoms with van der Waals surface area (Å²) < 4.78 is 6.18. The summed E-state index contributed by atoms with van der Waals surface area (Å²) in [6.45, 7) is 15.8. The number of amides is 1. The topological polar surface area (TPSA) is 51.2 Å². The molecule has 4 nitrogen and oxygen atoms in total. The Morgan fingerprint density at radius 3 is 2.52 bits per heavy atom. The summed E-state index contributed by atoms with van der Waals surface area (Å²) in [5.74, 6) is 1.15. The number of aromatic nitrogens is 1. The first-order valence-corrected chi connectivity index (χ1v) is 11.3. The van der Waals surface area contributed by atoms with Crippen LogP contribution in [0, 0.1) is 5.92 Å². The van der Waals surface area contributed by atoms with Gasteiger partial charge < -0.3 is 9.74 Å². The minimum atomic E-state index is -1.79. The number of rotatable bonds is 7. The number of anilines is 1. The zero-order chi connectivity index (χ0) is 17.7. The first-order valence-electron chi connectivity index (χ1n) is 8.41. The zero-order valence-electron chi connectivity index (χ0n) is 15.7. The van der Waals surface area contributed by atoms with Gasteiger partial charge >= 0.3 is 0 Å². The summed E-state index contributed by atoms with van der Waals surface area (Å²) in [6, 6.07) is 5.68. The van der Waals surface area contributed by atoms with Gasteiger partial charge in [0.25, 0.3) is 0 Å². The molecule has 1 aromatic heterocycles. The highest BCUT2D eigenvalue weighted by Gasteiger charge is 2.37. The largest absolute Gasteiger partial charge is 0.411 e. The molecule has 1 amide bonds. The van der Waals surface area contributed by atoms with Crippen molar-refractivity contribution in [2.75, 3.05) is 5.32 Å². The smallest absolute Gasteiger partial charge is 0.225 e. The fourth-order valence-electron chi connectivity index (χ4n) is 1.73. The van der Waals surface area contributed by atoms with E-state index >= 15 is 0 Å². The van der Waals surface area contributed by atoms with Crippen molar-refractivity contribution in [1.82, 2.24) is 4.98 Å². The van der Waals surface area contributed by atoms with Crippen LogP contribution in [0.2, 0.25) is 18.1 Å². The summed E-state index contributed by atoms with van der Waals surface area (Å²) in [4.78, 5) is 16.4. The lowest BCUT2D eigenvalue weighted by Gasteiger charge is -2.36. The summed E-state index contributed by atoms with van der Waals surface area (Å²) in [5, 5.41) is 3.05. The number of pyridine rings is 1. The Balaban J connectivity index is 2.62. The number of nitrogens with zero attached hydrogens (tertiary/aromatic N) is 1. The van der Waals surface area contributed by atoms with Crippen molar-refractivity contribution in [2.45, 2.75) is 72.2 Å². The lowest BCUT2D eigenvalue weighted by Crippen LogP contribution is -2.40. The van der Waals surface area contributed by atoms with Crippen LogP contribution < -0.4 is 5.32 Å². The van der Waals surface area contributed by atoms with E-state index in [9.17, 15) is 4.79 Å². The second kappa shape index (κ2) is 8.06. The van der Waals surface area contributed by atoms with Crippen molar-refractivity contribution >= 4 is 20.0 Å². The molecule has 1 N–H and O–H groups in total.